The van der Waals surface area contributed by atoms with Gasteiger partial charge in [0.2, 0.25) is 0 Å². The Morgan fingerprint density at radius 2 is 1.14 bits per heavy atom. The van der Waals surface area contributed by atoms with E-state index in [2.05, 4.69) is 146 Å². The topological polar surface area (TPSA) is 16.4 Å². The van der Waals surface area contributed by atoms with E-state index in [0.717, 1.165) is 33.3 Å². The van der Waals surface area contributed by atoms with E-state index in [0.29, 0.717) is 0 Å². The van der Waals surface area contributed by atoms with E-state index in [9.17, 15) is 0 Å². The minimum atomic E-state index is -0.191. The van der Waals surface area contributed by atoms with Crippen LogP contribution in [-0.2, 0) is 5.41 Å². The first-order valence-electron chi connectivity index (χ1n) is 14.9. The molecule has 0 atom stereocenters. The molecule has 0 unspecified atom stereocenters. The van der Waals surface area contributed by atoms with Crippen LogP contribution in [0.3, 0.4) is 0 Å². The monoisotopic (exact) mass is 551 g/mol. The summed E-state index contributed by atoms with van der Waals surface area (Å²) in [6.07, 6.45) is 0. The predicted molar refractivity (Wildman–Crippen MR) is 181 cm³/mol. The zero-order valence-corrected chi connectivity index (χ0v) is 24.1. The Labute approximate surface area is 250 Å². The van der Waals surface area contributed by atoms with Crippen molar-refractivity contribution >= 4 is 60.5 Å². The van der Waals surface area contributed by atoms with Crippen molar-refractivity contribution in [3.63, 3.8) is 0 Å². The van der Waals surface area contributed by atoms with Gasteiger partial charge in [-0.15, -0.1) is 0 Å². The van der Waals surface area contributed by atoms with Crippen LogP contribution in [0.2, 0.25) is 0 Å². The first kappa shape index (κ1) is 24.3. The van der Waals surface area contributed by atoms with Crippen LogP contribution < -0.4 is 4.90 Å². The number of rotatable bonds is 3. The molecule has 7 aromatic carbocycles. The second-order valence-corrected chi connectivity index (χ2v) is 12.2. The quantitative estimate of drug-likeness (QED) is 0.217. The number of furan rings is 1. The van der Waals surface area contributed by atoms with Crippen LogP contribution in [0.5, 0.6) is 0 Å². The van der Waals surface area contributed by atoms with Gasteiger partial charge in [0.1, 0.15) is 11.2 Å². The molecule has 0 amide bonds. The number of para-hydroxylation sites is 1. The molecular weight excluding hydrogens is 522 g/mol. The molecule has 1 aliphatic rings. The lowest BCUT2D eigenvalue weighted by atomic mass is 9.80. The summed E-state index contributed by atoms with van der Waals surface area (Å²) >= 11 is 0. The fourth-order valence-corrected chi connectivity index (χ4v) is 7.32. The maximum Gasteiger partial charge on any atom is 0.137 e. The molecule has 43 heavy (non-hydrogen) atoms. The summed E-state index contributed by atoms with van der Waals surface area (Å²) in [4.78, 5) is 2.42. The maximum absolute atomic E-state index is 6.39. The Morgan fingerprint density at radius 1 is 0.488 bits per heavy atom. The molecule has 0 fully saturated rings. The highest BCUT2D eigenvalue weighted by molar-refractivity contribution is 6.06. The smallest absolute Gasteiger partial charge is 0.137 e. The highest BCUT2D eigenvalue weighted by atomic mass is 16.3. The van der Waals surface area contributed by atoms with Gasteiger partial charge in [-0.25, -0.2) is 0 Å². The average Bonchev–Trinajstić information content (AvgIpc) is 3.52. The van der Waals surface area contributed by atoms with E-state index in [1.165, 1.54) is 49.5 Å². The summed E-state index contributed by atoms with van der Waals surface area (Å²) in [6, 6.07) is 50.6. The third kappa shape index (κ3) is 3.53. The van der Waals surface area contributed by atoms with Gasteiger partial charge in [-0.3, -0.25) is 0 Å². The van der Waals surface area contributed by atoms with Gasteiger partial charge < -0.3 is 9.32 Å². The summed E-state index contributed by atoms with van der Waals surface area (Å²) in [6.45, 7) is 4.74. The molecule has 204 valence electrons. The van der Waals surface area contributed by atoms with Crippen molar-refractivity contribution in [1.29, 1.82) is 0 Å². The standard InChI is InChI=1S/C41H29NO/c1-41(2)36-24-29-13-6-5-12-28(29)23-35(36)34-15-9-16-37(40(34)41)42(30-19-18-26-10-3-4-11-27(26)22-30)31-20-21-33-32-14-7-8-17-38(32)43-39(33)25-31/h3-25H,1-2H3. The summed E-state index contributed by atoms with van der Waals surface area (Å²) in [7, 11) is 0. The molecule has 0 aliphatic heterocycles. The molecule has 0 radical (unpaired) electrons. The van der Waals surface area contributed by atoms with Gasteiger partial charge in [0.15, 0.2) is 0 Å². The number of fused-ring (bicyclic) bond motifs is 8. The first-order chi connectivity index (χ1) is 21.1. The van der Waals surface area contributed by atoms with Crippen molar-refractivity contribution in [3.8, 4) is 11.1 Å². The predicted octanol–water partition coefficient (Wildman–Crippen LogP) is 11.7. The molecule has 1 aliphatic carbocycles. The summed E-state index contributed by atoms with van der Waals surface area (Å²) < 4.78 is 6.39. The molecule has 0 bridgehead atoms. The van der Waals surface area contributed by atoms with Gasteiger partial charge in [-0.05, 0) is 92.3 Å². The first-order valence-corrected chi connectivity index (χ1v) is 14.9. The zero-order chi connectivity index (χ0) is 28.7. The van der Waals surface area contributed by atoms with Crippen LogP contribution in [-0.4, -0.2) is 0 Å². The van der Waals surface area contributed by atoms with Crippen LogP contribution in [0.4, 0.5) is 17.1 Å². The van der Waals surface area contributed by atoms with E-state index < -0.39 is 0 Å². The lowest BCUT2D eigenvalue weighted by molar-refractivity contribution is 0.661. The van der Waals surface area contributed by atoms with E-state index in [4.69, 9.17) is 4.42 Å². The Bertz CT molecular complexity index is 2390. The number of anilines is 3. The van der Waals surface area contributed by atoms with E-state index >= 15 is 0 Å². The third-order valence-electron chi connectivity index (χ3n) is 9.37. The highest BCUT2D eigenvalue weighted by Gasteiger charge is 2.39. The molecular formula is C41H29NO. The number of hydrogen-bond acceptors (Lipinski definition) is 2. The summed E-state index contributed by atoms with van der Waals surface area (Å²) in [5.74, 6) is 0. The van der Waals surface area contributed by atoms with Gasteiger partial charge in [0.25, 0.3) is 0 Å². The van der Waals surface area contributed by atoms with E-state index in [1.54, 1.807) is 0 Å². The van der Waals surface area contributed by atoms with Crippen molar-refractivity contribution < 1.29 is 4.42 Å². The van der Waals surface area contributed by atoms with Crippen molar-refractivity contribution in [2.24, 2.45) is 0 Å². The highest BCUT2D eigenvalue weighted by Crippen LogP contribution is 2.55. The molecule has 0 saturated carbocycles. The second kappa shape index (κ2) is 8.83. The van der Waals surface area contributed by atoms with Gasteiger partial charge in [0.05, 0.1) is 5.69 Å². The molecule has 0 saturated heterocycles. The van der Waals surface area contributed by atoms with Crippen LogP contribution in [0.15, 0.2) is 144 Å². The summed E-state index contributed by atoms with van der Waals surface area (Å²) in [5, 5.41) is 7.29. The largest absolute Gasteiger partial charge is 0.456 e. The van der Waals surface area contributed by atoms with Gasteiger partial charge >= 0.3 is 0 Å². The fourth-order valence-electron chi connectivity index (χ4n) is 7.32. The molecule has 0 spiro atoms. The minimum absolute atomic E-state index is 0.191. The number of benzene rings is 7. The van der Waals surface area contributed by atoms with Crippen molar-refractivity contribution in [2.45, 2.75) is 19.3 Å². The Hall–Kier alpha value is -5.34. The minimum Gasteiger partial charge on any atom is -0.456 e. The van der Waals surface area contributed by atoms with E-state index in [-0.39, 0.29) is 5.41 Å². The molecule has 1 heterocycles. The molecule has 2 heteroatoms. The maximum atomic E-state index is 6.39. The number of hydrogen-bond donors (Lipinski definition) is 0. The zero-order valence-electron chi connectivity index (χ0n) is 24.1. The lowest BCUT2D eigenvalue weighted by Crippen LogP contribution is -2.20. The summed E-state index contributed by atoms with van der Waals surface area (Å²) in [5.41, 5.74) is 10.4. The Kier molecular flexibility index (Phi) is 4.99. The van der Waals surface area contributed by atoms with Crippen molar-refractivity contribution in [2.75, 3.05) is 4.90 Å². The van der Waals surface area contributed by atoms with Crippen molar-refractivity contribution in [1.82, 2.24) is 0 Å². The second-order valence-electron chi connectivity index (χ2n) is 12.2. The lowest BCUT2D eigenvalue weighted by Gasteiger charge is -2.32. The van der Waals surface area contributed by atoms with Crippen molar-refractivity contribution in [3.05, 3.63) is 151 Å². The van der Waals surface area contributed by atoms with Gasteiger partial charge in [-0.1, -0.05) is 98.8 Å². The average molecular weight is 552 g/mol. The fraction of sp³-hybridized carbons (Fsp3) is 0.0732. The van der Waals surface area contributed by atoms with Crippen LogP contribution in [0.25, 0.3) is 54.6 Å². The molecule has 9 rings (SSSR count). The third-order valence-corrected chi connectivity index (χ3v) is 9.37. The molecule has 0 N–H and O–H groups in total. The van der Waals surface area contributed by atoms with Crippen LogP contribution >= 0.6 is 0 Å². The van der Waals surface area contributed by atoms with E-state index in [1.807, 2.05) is 12.1 Å². The molecule has 8 aromatic rings. The Morgan fingerprint density at radius 3 is 1.98 bits per heavy atom. The Balaban J connectivity index is 1.32. The van der Waals surface area contributed by atoms with Gasteiger partial charge in [-0.2, -0.15) is 0 Å². The van der Waals surface area contributed by atoms with Gasteiger partial charge in [0, 0.05) is 33.6 Å². The van der Waals surface area contributed by atoms with Crippen LogP contribution in [0.1, 0.15) is 25.0 Å². The SMILES string of the molecule is CC1(C)c2cc3ccccc3cc2-c2cccc(N(c3ccc4ccccc4c3)c3ccc4c(c3)oc3ccccc34)c21. The molecule has 1 aromatic heterocycles. The number of nitrogens with zero attached hydrogens (tertiary/aromatic N) is 1. The molecule has 2 nitrogen and oxygen atoms in total. The van der Waals surface area contributed by atoms with Crippen LogP contribution in [0, 0.1) is 0 Å². The normalized spacial score (nSPS) is 13.5.